The summed E-state index contributed by atoms with van der Waals surface area (Å²) in [5.41, 5.74) is 0.597. The second-order valence-electron chi connectivity index (χ2n) is 5.53. The van der Waals surface area contributed by atoms with E-state index in [0.29, 0.717) is 24.6 Å². The van der Waals surface area contributed by atoms with Gasteiger partial charge in [-0.2, -0.15) is 0 Å². The molecule has 0 aliphatic heterocycles. The number of hydrogen-bond donors (Lipinski definition) is 1. The summed E-state index contributed by atoms with van der Waals surface area (Å²) >= 11 is 0. The molecular formula is C15H21F2NO. The lowest BCUT2D eigenvalue weighted by molar-refractivity contribution is 0.170. The Balaban J connectivity index is 1.99. The minimum Gasteiger partial charge on any atom is -0.487 e. The van der Waals surface area contributed by atoms with Gasteiger partial charge in [0.1, 0.15) is 0 Å². The Hall–Kier alpha value is -1.16. The van der Waals surface area contributed by atoms with E-state index in [9.17, 15) is 8.78 Å². The molecule has 0 saturated heterocycles. The molecule has 0 amide bonds. The molecule has 1 saturated carbocycles. The lowest BCUT2D eigenvalue weighted by atomic mass is 9.86. The normalized spacial score (nSPS) is 15.6. The summed E-state index contributed by atoms with van der Waals surface area (Å²) in [5, 5.41) is 3.13. The van der Waals surface area contributed by atoms with Crippen LogP contribution in [0.1, 0.15) is 38.7 Å². The van der Waals surface area contributed by atoms with Gasteiger partial charge in [-0.05, 0) is 36.5 Å². The second-order valence-corrected chi connectivity index (χ2v) is 5.53. The molecule has 2 rings (SSSR count). The first-order valence-electron chi connectivity index (χ1n) is 6.90. The van der Waals surface area contributed by atoms with Crippen LogP contribution in [0.25, 0.3) is 0 Å². The standard InChI is InChI=1S/C15H21F2NO/c1-10(2)18-8-12-6-13(16)15(14(17)7-12)19-9-11-4-3-5-11/h6-7,10-11,18H,3-5,8-9H2,1-2H3. The molecule has 2 nitrogen and oxygen atoms in total. The third-order valence-corrected chi connectivity index (χ3v) is 3.46. The van der Waals surface area contributed by atoms with E-state index in [2.05, 4.69) is 5.32 Å². The molecular weight excluding hydrogens is 248 g/mol. The quantitative estimate of drug-likeness (QED) is 0.851. The van der Waals surface area contributed by atoms with E-state index < -0.39 is 11.6 Å². The molecule has 0 heterocycles. The molecule has 0 unspecified atom stereocenters. The molecule has 4 heteroatoms. The predicted molar refractivity (Wildman–Crippen MR) is 71.2 cm³/mol. The van der Waals surface area contributed by atoms with E-state index in [-0.39, 0.29) is 11.8 Å². The lowest BCUT2D eigenvalue weighted by Crippen LogP contribution is -2.22. The van der Waals surface area contributed by atoms with Gasteiger partial charge in [0.25, 0.3) is 0 Å². The minimum atomic E-state index is -0.611. The van der Waals surface area contributed by atoms with E-state index in [1.54, 1.807) is 0 Å². The first-order chi connectivity index (χ1) is 9.06. The average molecular weight is 269 g/mol. The first kappa shape index (κ1) is 14.3. The Morgan fingerprint density at radius 3 is 2.37 bits per heavy atom. The monoisotopic (exact) mass is 269 g/mol. The Bertz CT molecular complexity index is 407. The third-order valence-electron chi connectivity index (χ3n) is 3.46. The molecule has 1 aromatic carbocycles. The van der Waals surface area contributed by atoms with Crippen molar-refractivity contribution in [1.29, 1.82) is 0 Å². The summed E-state index contributed by atoms with van der Waals surface area (Å²) in [4.78, 5) is 0. The van der Waals surface area contributed by atoms with Gasteiger partial charge in [0.05, 0.1) is 6.61 Å². The van der Waals surface area contributed by atoms with Crippen LogP contribution in [0.4, 0.5) is 8.78 Å². The molecule has 19 heavy (non-hydrogen) atoms. The van der Waals surface area contributed by atoms with Crippen LogP contribution >= 0.6 is 0 Å². The van der Waals surface area contributed by atoms with Gasteiger partial charge in [0.15, 0.2) is 17.4 Å². The predicted octanol–water partition coefficient (Wildman–Crippen LogP) is 3.64. The largest absolute Gasteiger partial charge is 0.487 e. The van der Waals surface area contributed by atoms with Gasteiger partial charge >= 0.3 is 0 Å². The summed E-state index contributed by atoms with van der Waals surface area (Å²) in [6.45, 7) is 4.84. The average Bonchev–Trinajstić information content (AvgIpc) is 2.27. The summed E-state index contributed by atoms with van der Waals surface area (Å²) < 4.78 is 32.9. The fourth-order valence-corrected chi connectivity index (χ4v) is 2.03. The molecule has 1 aliphatic rings. The maximum atomic E-state index is 13.8. The highest BCUT2D eigenvalue weighted by molar-refractivity contribution is 5.31. The van der Waals surface area contributed by atoms with Crippen molar-refractivity contribution in [3.63, 3.8) is 0 Å². The van der Waals surface area contributed by atoms with Gasteiger partial charge in [0, 0.05) is 12.6 Å². The molecule has 0 atom stereocenters. The number of rotatable bonds is 6. The van der Waals surface area contributed by atoms with Crippen molar-refractivity contribution >= 4 is 0 Å². The zero-order chi connectivity index (χ0) is 13.8. The number of halogens is 2. The van der Waals surface area contributed by atoms with Crippen LogP contribution in [0, 0.1) is 17.6 Å². The molecule has 0 aromatic heterocycles. The second kappa shape index (κ2) is 6.33. The highest BCUT2D eigenvalue weighted by Crippen LogP contribution is 2.29. The van der Waals surface area contributed by atoms with Gasteiger partial charge in [-0.15, -0.1) is 0 Å². The van der Waals surface area contributed by atoms with E-state index in [1.165, 1.54) is 18.6 Å². The van der Waals surface area contributed by atoms with Crippen LogP contribution in [0.5, 0.6) is 5.75 Å². The fourth-order valence-electron chi connectivity index (χ4n) is 2.03. The highest BCUT2D eigenvalue weighted by Gasteiger charge is 2.20. The van der Waals surface area contributed by atoms with E-state index in [4.69, 9.17) is 4.74 Å². The maximum absolute atomic E-state index is 13.8. The highest BCUT2D eigenvalue weighted by atomic mass is 19.1. The van der Waals surface area contributed by atoms with Gasteiger partial charge in [-0.3, -0.25) is 0 Å². The zero-order valence-electron chi connectivity index (χ0n) is 11.5. The van der Waals surface area contributed by atoms with E-state index in [1.807, 2.05) is 13.8 Å². The molecule has 1 aromatic rings. The van der Waals surface area contributed by atoms with Crippen molar-refractivity contribution in [2.75, 3.05) is 6.61 Å². The molecule has 1 fully saturated rings. The van der Waals surface area contributed by atoms with Crippen molar-refractivity contribution in [1.82, 2.24) is 5.32 Å². The molecule has 1 aliphatic carbocycles. The van der Waals surface area contributed by atoms with Crippen LogP contribution in [-0.4, -0.2) is 12.6 Å². The minimum absolute atomic E-state index is 0.236. The summed E-state index contributed by atoms with van der Waals surface area (Å²) in [6.07, 6.45) is 3.39. The molecule has 0 bridgehead atoms. The smallest absolute Gasteiger partial charge is 0.190 e. The lowest BCUT2D eigenvalue weighted by Gasteiger charge is -2.25. The number of hydrogen-bond acceptors (Lipinski definition) is 2. The Labute approximate surface area is 113 Å². The van der Waals surface area contributed by atoms with Crippen molar-refractivity contribution in [3.05, 3.63) is 29.3 Å². The van der Waals surface area contributed by atoms with Crippen molar-refractivity contribution in [2.24, 2.45) is 5.92 Å². The number of ether oxygens (including phenoxy) is 1. The Morgan fingerprint density at radius 1 is 1.26 bits per heavy atom. The van der Waals surface area contributed by atoms with Gasteiger partial charge in [-0.1, -0.05) is 20.3 Å². The summed E-state index contributed by atoms with van der Waals surface area (Å²) in [6, 6.07) is 2.96. The van der Waals surface area contributed by atoms with Crippen LogP contribution in [0.3, 0.4) is 0 Å². The molecule has 0 spiro atoms. The third kappa shape index (κ3) is 3.90. The van der Waals surface area contributed by atoms with Crippen molar-refractivity contribution < 1.29 is 13.5 Å². The van der Waals surface area contributed by atoms with Crippen LogP contribution < -0.4 is 10.1 Å². The first-order valence-corrected chi connectivity index (χ1v) is 6.90. The van der Waals surface area contributed by atoms with Gasteiger partial charge < -0.3 is 10.1 Å². The molecule has 0 radical (unpaired) electrons. The van der Waals surface area contributed by atoms with Crippen molar-refractivity contribution in [2.45, 2.75) is 45.7 Å². The maximum Gasteiger partial charge on any atom is 0.190 e. The topological polar surface area (TPSA) is 21.3 Å². The van der Waals surface area contributed by atoms with Crippen molar-refractivity contribution in [3.8, 4) is 5.75 Å². The molecule has 106 valence electrons. The summed E-state index contributed by atoms with van der Waals surface area (Å²) in [7, 11) is 0. The fraction of sp³-hybridized carbons (Fsp3) is 0.600. The van der Waals surface area contributed by atoms with Crippen LogP contribution in [-0.2, 0) is 6.54 Å². The Kier molecular flexibility index (Phi) is 4.75. The number of benzene rings is 1. The van der Waals surface area contributed by atoms with Gasteiger partial charge in [-0.25, -0.2) is 8.78 Å². The van der Waals surface area contributed by atoms with Crippen LogP contribution in [0.2, 0.25) is 0 Å². The SMILES string of the molecule is CC(C)NCc1cc(F)c(OCC2CCC2)c(F)c1. The molecule has 1 N–H and O–H groups in total. The van der Waals surface area contributed by atoms with E-state index >= 15 is 0 Å². The zero-order valence-corrected chi connectivity index (χ0v) is 11.5. The number of nitrogens with one attached hydrogen (secondary N) is 1. The van der Waals surface area contributed by atoms with Crippen LogP contribution in [0.15, 0.2) is 12.1 Å². The van der Waals surface area contributed by atoms with Gasteiger partial charge in [0.2, 0.25) is 0 Å². The summed E-state index contributed by atoms with van der Waals surface area (Å²) in [5.74, 6) is -0.999. The Morgan fingerprint density at radius 2 is 1.89 bits per heavy atom. The van der Waals surface area contributed by atoms with E-state index in [0.717, 1.165) is 12.8 Å².